The molecule has 3 rings (SSSR count). The molecule has 0 saturated carbocycles. The predicted molar refractivity (Wildman–Crippen MR) is 73.1 cm³/mol. The topological polar surface area (TPSA) is 32.8 Å². The number of hydrogen-bond acceptors (Lipinski definition) is 3. The lowest BCUT2D eigenvalue weighted by molar-refractivity contribution is 0.0341. The number of nitrogens with zero attached hydrogens (tertiary/aromatic N) is 2. The molecule has 0 bridgehead atoms. The maximum Gasteiger partial charge on any atom is 0.253 e. The van der Waals surface area contributed by atoms with Gasteiger partial charge in [0.2, 0.25) is 0 Å². The summed E-state index contributed by atoms with van der Waals surface area (Å²) in [4.78, 5) is 16.4. The molecule has 2 aliphatic rings. The molecule has 1 aromatic rings. The van der Waals surface area contributed by atoms with Crippen molar-refractivity contribution in [3.8, 4) is 0 Å². The van der Waals surface area contributed by atoms with Gasteiger partial charge in [0.1, 0.15) is 0 Å². The van der Waals surface area contributed by atoms with Crippen molar-refractivity contribution in [3.63, 3.8) is 0 Å². The van der Waals surface area contributed by atoms with Crippen LogP contribution in [0.4, 0.5) is 0 Å². The lowest BCUT2D eigenvalue weighted by Crippen LogP contribution is -2.42. The van der Waals surface area contributed by atoms with Gasteiger partial charge in [-0.15, -0.1) is 0 Å². The molecular formula is C15H20N2O2. The Bertz CT molecular complexity index is 451. The third kappa shape index (κ3) is 2.96. The summed E-state index contributed by atoms with van der Waals surface area (Å²) in [5.74, 6) is 0.176. The molecule has 0 unspecified atom stereocenters. The Balaban J connectivity index is 1.66. The summed E-state index contributed by atoms with van der Waals surface area (Å²) in [5, 5.41) is 0. The van der Waals surface area contributed by atoms with E-state index in [1.54, 1.807) is 0 Å². The van der Waals surface area contributed by atoms with Gasteiger partial charge in [0.05, 0.1) is 13.2 Å². The number of morpholine rings is 1. The van der Waals surface area contributed by atoms with Crippen LogP contribution in [0, 0.1) is 0 Å². The normalized spacial score (nSPS) is 20.1. The van der Waals surface area contributed by atoms with Crippen molar-refractivity contribution in [2.45, 2.75) is 13.0 Å². The van der Waals surface area contributed by atoms with Crippen LogP contribution in [0.1, 0.15) is 22.3 Å². The van der Waals surface area contributed by atoms with Crippen LogP contribution in [0.15, 0.2) is 24.3 Å². The van der Waals surface area contributed by atoms with Gasteiger partial charge < -0.3 is 9.64 Å². The van der Waals surface area contributed by atoms with Gasteiger partial charge in [-0.1, -0.05) is 12.1 Å². The zero-order valence-electron chi connectivity index (χ0n) is 11.2. The second-order valence-corrected chi connectivity index (χ2v) is 5.23. The standard InChI is InChI=1S/C15H20N2O2/c18-15(17-5-2-6-17)14-4-1-3-13(11-14)12-16-7-9-19-10-8-16/h1,3-4,11H,2,5-10,12H2. The molecule has 1 amide bonds. The maximum absolute atomic E-state index is 12.2. The van der Waals surface area contributed by atoms with E-state index in [1.165, 1.54) is 5.56 Å². The van der Waals surface area contributed by atoms with Crippen LogP contribution < -0.4 is 0 Å². The molecule has 2 aliphatic heterocycles. The van der Waals surface area contributed by atoms with Crippen LogP contribution in [0.3, 0.4) is 0 Å². The largest absolute Gasteiger partial charge is 0.379 e. The summed E-state index contributed by atoms with van der Waals surface area (Å²) in [6.07, 6.45) is 1.14. The van der Waals surface area contributed by atoms with E-state index in [0.29, 0.717) is 0 Å². The van der Waals surface area contributed by atoms with Crippen LogP contribution in [0.25, 0.3) is 0 Å². The molecule has 4 heteroatoms. The van der Waals surface area contributed by atoms with Gasteiger partial charge in [0, 0.05) is 38.3 Å². The molecule has 2 saturated heterocycles. The molecule has 0 aromatic heterocycles. The van der Waals surface area contributed by atoms with Crippen molar-refractivity contribution in [2.75, 3.05) is 39.4 Å². The van der Waals surface area contributed by atoms with Gasteiger partial charge >= 0.3 is 0 Å². The van der Waals surface area contributed by atoms with Gasteiger partial charge in [-0.3, -0.25) is 9.69 Å². The van der Waals surface area contributed by atoms with Gasteiger partial charge in [0.25, 0.3) is 5.91 Å². The zero-order chi connectivity index (χ0) is 13.1. The van der Waals surface area contributed by atoms with Crippen LogP contribution >= 0.6 is 0 Å². The fourth-order valence-corrected chi connectivity index (χ4v) is 2.52. The van der Waals surface area contributed by atoms with E-state index in [9.17, 15) is 4.79 Å². The van der Waals surface area contributed by atoms with E-state index < -0.39 is 0 Å². The third-order valence-corrected chi connectivity index (χ3v) is 3.83. The highest BCUT2D eigenvalue weighted by Crippen LogP contribution is 2.15. The summed E-state index contributed by atoms with van der Waals surface area (Å²) in [6.45, 7) is 6.30. The second-order valence-electron chi connectivity index (χ2n) is 5.23. The lowest BCUT2D eigenvalue weighted by atomic mass is 10.1. The van der Waals surface area contributed by atoms with E-state index in [4.69, 9.17) is 4.74 Å². The van der Waals surface area contributed by atoms with Crippen LogP contribution in [-0.2, 0) is 11.3 Å². The Kier molecular flexibility index (Phi) is 3.80. The number of likely N-dealkylation sites (tertiary alicyclic amines) is 1. The molecule has 0 spiro atoms. The first-order chi connectivity index (χ1) is 9.33. The van der Waals surface area contributed by atoms with Crippen molar-refractivity contribution in [1.82, 2.24) is 9.80 Å². The highest BCUT2D eigenvalue weighted by atomic mass is 16.5. The van der Waals surface area contributed by atoms with E-state index in [-0.39, 0.29) is 5.91 Å². The molecule has 0 N–H and O–H groups in total. The summed E-state index contributed by atoms with van der Waals surface area (Å²) in [5.41, 5.74) is 2.04. The van der Waals surface area contributed by atoms with Crippen LogP contribution in [-0.4, -0.2) is 55.1 Å². The van der Waals surface area contributed by atoms with Gasteiger partial charge in [0.15, 0.2) is 0 Å². The monoisotopic (exact) mass is 260 g/mol. The average Bonchev–Trinajstić information content (AvgIpc) is 2.38. The molecule has 19 heavy (non-hydrogen) atoms. The van der Waals surface area contributed by atoms with Crippen LogP contribution in [0.5, 0.6) is 0 Å². The minimum Gasteiger partial charge on any atom is -0.379 e. The number of hydrogen-bond donors (Lipinski definition) is 0. The van der Waals surface area contributed by atoms with E-state index in [1.807, 2.05) is 23.1 Å². The lowest BCUT2D eigenvalue weighted by Gasteiger charge is -2.31. The fraction of sp³-hybridized carbons (Fsp3) is 0.533. The molecular weight excluding hydrogens is 240 g/mol. The Morgan fingerprint density at radius 2 is 1.95 bits per heavy atom. The minimum atomic E-state index is 0.176. The number of amides is 1. The van der Waals surface area contributed by atoms with E-state index in [0.717, 1.165) is 57.9 Å². The van der Waals surface area contributed by atoms with Crippen LogP contribution in [0.2, 0.25) is 0 Å². The number of rotatable bonds is 3. The molecule has 0 aliphatic carbocycles. The molecule has 0 radical (unpaired) electrons. The van der Waals surface area contributed by atoms with Gasteiger partial charge in [-0.2, -0.15) is 0 Å². The minimum absolute atomic E-state index is 0.176. The van der Waals surface area contributed by atoms with Gasteiger partial charge in [-0.05, 0) is 24.1 Å². The Morgan fingerprint density at radius 3 is 2.63 bits per heavy atom. The van der Waals surface area contributed by atoms with Crippen molar-refractivity contribution in [3.05, 3.63) is 35.4 Å². The summed E-state index contributed by atoms with van der Waals surface area (Å²) in [6, 6.07) is 8.05. The smallest absolute Gasteiger partial charge is 0.253 e. The van der Waals surface area contributed by atoms with Gasteiger partial charge in [-0.25, -0.2) is 0 Å². The number of benzene rings is 1. The van der Waals surface area contributed by atoms with Crippen molar-refractivity contribution < 1.29 is 9.53 Å². The zero-order valence-corrected chi connectivity index (χ0v) is 11.2. The van der Waals surface area contributed by atoms with E-state index in [2.05, 4.69) is 11.0 Å². The highest BCUT2D eigenvalue weighted by Gasteiger charge is 2.21. The molecule has 0 atom stereocenters. The molecule has 1 aromatic carbocycles. The number of carbonyl (C=O) groups excluding carboxylic acids is 1. The fourth-order valence-electron chi connectivity index (χ4n) is 2.52. The number of carbonyl (C=O) groups is 1. The van der Waals surface area contributed by atoms with Crippen molar-refractivity contribution in [2.24, 2.45) is 0 Å². The number of ether oxygens (including phenoxy) is 1. The first kappa shape index (κ1) is 12.6. The highest BCUT2D eigenvalue weighted by molar-refractivity contribution is 5.94. The van der Waals surface area contributed by atoms with Crippen molar-refractivity contribution in [1.29, 1.82) is 0 Å². The molecule has 102 valence electrons. The predicted octanol–water partition coefficient (Wildman–Crippen LogP) is 1.36. The SMILES string of the molecule is O=C(c1cccc(CN2CCOCC2)c1)N1CCC1. The van der Waals surface area contributed by atoms with Crippen molar-refractivity contribution >= 4 is 5.91 Å². The summed E-state index contributed by atoms with van der Waals surface area (Å²) in [7, 11) is 0. The Hall–Kier alpha value is -1.39. The first-order valence-electron chi connectivity index (χ1n) is 7.01. The molecule has 2 fully saturated rings. The quantitative estimate of drug-likeness (QED) is 0.823. The molecule has 2 heterocycles. The Labute approximate surface area is 113 Å². The second kappa shape index (κ2) is 5.72. The molecule has 4 nitrogen and oxygen atoms in total. The van der Waals surface area contributed by atoms with E-state index >= 15 is 0 Å². The average molecular weight is 260 g/mol. The Morgan fingerprint density at radius 1 is 1.16 bits per heavy atom. The third-order valence-electron chi connectivity index (χ3n) is 3.83. The summed E-state index contributed by atoms with van der Waals surface area (Å²) < 4.78 is 5.35. The first-order valence-corrected chi connectivity index (χ1v) is 7.01. The maximum atomic E-state index is 12.2. The summed E-state index contributed by atoms with van der Waals surface area (Å²) >= 11 is 0.